The zero-order valence-corrected chi connectivity index (χ0v) is 25.6. The molecule has 1 heterocycles. The van der Waals surface area contributed by atoms with Crippen molar-refractivity contribution in [3.8, 4) is 11.5 Å². The monoisotopic (exact) mass is 612 g/mol. The molecule has 0 saturated carbocycles. The fourth-order valence-corrected chi connectivity index (χ4v) is 6.72. The third-order valence-corrected chi connectivity index (χ3v) is 9.04. The van der Waals surface area contributed by atoms with E-state index in [1.54, 1.807) is 0 Å². The van der Waals surface area contributed by atoms with Crippen LogP contribution in [0.2, 0.25) is 0 Å². The smallest absolute Gasteiger partial charge is 0.486 e. The SMILES string of the molecule is CC(C)Oc1c(F)c(N2CCCCC2)c(F)c(OC2CC/C=C\CCC2)c1S(=O)(=O)[N-]S(=O)(=O)C(F)(F)F.[Na+]. The molecule has 1 fully saturated rings. The molecule has 216 valence electrons. The van der Waals surface area contributed by atoms with E-state index in [4.69, 9.17) is 9.47 Å². The van der Waals surface area contributed by atoms with E-state index < -0.39 is 71.5 Å². The summed E-state index contributed by atoms with van der Waals surface area (Å²) in [6, 6.07) is 0. The number of alkyl halides is 3. The van der Waals surface area contributed by atoms with Crippen LogP contribution >= 0.6 is 0 Å². The first-order chi connectivity index (χ1) is 17.7. The van der Waals surface area contributed by atoms with E-state index in [0.717, 1.165) is 6.42 Å². The number of ether oxygens (including phenoxy) is 2. The van der Waals surface area contributed by atoms with Crippen molar-refractivity contribution in [1.82, 2.24) is 0 Å². The first-order valence-electron chi connectivity index (χ1n) is 12.2. The van der Waals surface area contributed by atoms with Gasteiger partial charge in [-0.15, -0.1) is 0 Å². The molecule has 2 aliphatic rings. The predicted octanol–water partition coefficient (Wildman–Crippen LogP) is 2.93. The van der Waals surface area contributed by atoms with Gasteiger partial charge < -0.3 is 18.5 Å². The quantitative estimate of drug-likeness (QED) is 0.253. The van der Waals surface area contributed by atoms with Gasteiger partial charge in [-0.1, -0.05) is 12.2 Å². The summed E-state index contributed by atoms with van der Waals surface area (Å²) in [4.78, 5) is -0.192. The number of allylic oxidation sites excluding steroid dienone is 2. The van der Waals surface area contributed by atoms with Gasteiger partial charge in [-0.25, -0.2) is 25.6 Å². The van der Waals surface area contributed by atoms with E-state index in [1.807, 2.05) is 12.2 Å². The average Bonchev–Trinajstić information content (AvgIpc) is 2.77. The number of nitrogens with zero attached hydrogens (tertiary/aromatic N) is 2. The summed E-state index contributed by atoms with van der Waals surface area (Å²) < 4.78 is 134. The Labute approximate surface area is 247 Å². The van der Waals surface area contributed by atoms with E-state index in [2.05, 4.69) is 4.13 Å². The molecule has 1 aromatic rings. The normalized spacial score (nSPS) is 20.1. The molecule has 3 rings (SSSR count). The third-order valence-electron chi connectivity index (χ3n) is 6.00. The van der Waals surface area contributed by atoms with Crippen LogP contribution < -0.4 is 43.9 Å². The number of halogens is 5. The molecule has 0 bridgehead atoms. The molecular weight excluding hydrogens is 582 g/mol. The summed E-state index contributed by atoms with van der Waals surface area (Å²) in [6.45, 7) is 3.21. The summed E-state index contributed by atoms with van der Waals surface area (Å²) >= 11 is 0. The molecule has 1 aromatic carbocycles. The predicted molar refractivity (Wildman–Crippen MR) is 130 cm³/mol. The Kier molecular flexibility index (Phi) is 12.0. The van der Waals surface area contributed by atoms with E-state index in [9.17, 15) is 30.0 Å². The standard InChI is InChI=1S/C23H30F5N2O6S2.Na/c1-15(2)35-20-17(24)19(30-13-9-6-10-14-30)18(25)21(36-16-11-7-4-3-5-8-12-16)22(20)37(31,32)29-38(33,34)23(26,27)28;/h3-4,15-16H,5-14H2,1-2H3;/q-1;+1/b4-3-;. The Hall–Kier alpha value is -1.13. The molecule has 8 nitrogen and oxygen atoms in total. The maximum Gasteiger partial charge on any atom is 1.00 e. The molecule has 0 radical (unpaired) electrons. The molecule has 16 heteroatoms. The van der Waals surface area contributed by atoms with Crippen molar-refractivity contribution in [2.75, 3.05) is 18.0 Å². The van der Waals surface area contributed by atoms with Crippen LogP contribution in [0.15, 0.2) is 17.0 Å². The van der Waals surface area contributed by atoms with Crippen molar-refractivity contribution in [3.63, 3.8) is 0 Å². The van der Waals surface area contributed by atoms with Crippen LogP contribution in [0.25, 0.3) is 4.13 Å². The zero-order valence-electron chi connectivity index (χ0n) is 21.9. The Morgan fingerprint density at radius 3 is 2.10 bits per heavy atom. The number of hydrogen-bond acceptors (Lipinski definition) is 7. The van der Waals surface area contributed by atoms with Crippen molar-refractivity contribution in [2.45, 2.75) is 87.8 Å². The number of rotatable bonds is 8. The second-order valence-corrected chi connectivity index (χ2v) is 12.7. The molecule has 0 spiro atoms. The number of hydrogen-bond donors (Lipinski definition) is 0. The van der Waals surface area contributed by atoms with E-state index >= 15 is 8.78 Å². The number of piperidine rings is 1. The van der Waals surface area contributed by atoms with Crippen molar-refractivity contribution in [1.29, 1.82) is 0 Å². The van der Waals surface area contributed by atoms with Crippen LogP contribution in [-0.4, -0.2) is 47.6 Å². The maximum absolute atomic E-state index is 16.1. The van der Waals surface area contributed by atoms with Gasteiger partial charge in [0.05, 0.1) is 12.2 Å². The van der Waals surface area contributed by atoms with Gasteiger partial charge in [0.25, 0.3) is 0 Å². The first-order valence-corrected chi connectivity index (χ1v) is 15.1. The molecule has 1 unspecified atom stereocenters. The van der Waals surface area contributed by atoms with Crippen molar-refractivity contribution < 1.29 is 77.8 Å². The molecule has 39 heavy (non-hydrogen) atoms. The number of sulfonamides is 2. The molecule has 0 N–H and O–H groups in total. The van der Waals surface area contributed by atoms with Crippen LogP contribution in [-0.2, 0) is 20.0 Å². The molecule has 0 amide bonds. The minimum atomic E-state index is -6.60. The van der Waals surface area contributed by atoms with Crippen molar-refractivity contribution in [3.05, 3.63) is 27.9 Å². The molecule has 1 aliphatic heterocycles. The number of anilines is 1. The van der Waals surface area contributed by atoms with Gasteiger partial charge in [0.15, 0.2) is 33.2 Å². The van der Waals surface area contributed by atoms with Gasteiger partial charge in [-0.3, -0.25) is 0 Å². The van der Waals surface area contributed by atoms with E-state index in [-0.39, 0.29) is 42.6 Å². The number of benzene rings is 1. The van der Waals surface area contributed by atoms with Crippen LogP contribution in [0.5, 0.6) is 11.5 Å². The Balaban J connectivity index is 0.00000533. The van der Waals surface area contributed by atoms with Crippen molar-refractivity contribution in [2.24, 2.45) is 0 Å². The average molecular weight is 613 g/mol. The Morgan fingerprint density at radius 1 is 0.923 bits per heavy atom. The molecule has 0 aromatic heterocycles. The van der Waals surface area contributed by atoms with E-state index in [1.165, 1.54) is 18.7 Å². The van der Waals surface area contributed by atoms with Crippen LogP contribution in [0.1, 0.15) is 65.2 Å². The summed E-state index contributed by atoms with van der Waals surface area (Å²) in [7, 11) is -12.5. The third kappa shape index (κ3) is 8.22. The Bertz CT molecular complexity index is 1250. The fourth-order valence-electron chi connectivity index (χ4n) is 4.31. The second kappa shape index (κ2) is 13.7. The van der Waals surface area contributed by atoms with Gasteiger partial charge >= 0.3 is 35.1 Å². The maximum atomic E-state index is 16.1. The largest absolute Gasteiger partial charge is 1.00 e. The van der Waals surface area contributed by atoms with Gasteiger partial charge in [-0.05, 0) is 65.2 Å². The summed E-state index contributed by atoms with van der Waals surface area (Å²) in [5.74, 6) is -5.23. The summed E-state index contributed by atoms with van der Waals surface area (Å²) in [5, 5.41) is 0. The van der Waals surface area contributed by atoms with Crippen LogP contribution in [0.3, 0.4) is 0 Å². The zero-order chi connectivity index (χ0) is 28.3. The molecule has 1 saturated heterocycles. The van der Waals surface area contributed by atoms with Crippen LogP contribution in [0, 0.1) is 11.6 Å². The van der Waals surface area contributed by atoms with Gasteiger partial charge in [0, 0.05) is 13.1 Å². The van der Waals surface area contributed by atoms with Crippen molar-refractivity contribution >= 4 is 25.7 Å². The molecular formula is C23H30F5N2NaO6S2. The Morgan fingerprint density at radius 2 is 1.51 bits per heavy atom. The van der Waals surface area contributed by atoms with Gasteiger partial charge in [-0.2, -0.15) is 13.2 Å². The van der Waals surface area contributed by atoms with Gasteiger partial charge in [0.1, 0.15) is 20.6 Å². The molecule has 1 aliphatic carbocycles. The fraction of sp³-hybridized carbons (Fsp3) is 0.652. The van der Waals surface area contributed by atoms with Gasteiger partial charge in [0.2, 0.25) is 0 Å². The summed E-state index contributed by atoms with van der Waals surface area (Å²) in [6.07, 6.45) is 6.39. The van der Waals surface area contributed by atoms with E-state index in [0.29, 0.717) is 44.9 Å². The summed E-state index contributed by atoms with van der Waals surface area (Å²) in [5.41, 5.74) is -6.73. The second-order valence-electron chi connectivity index (χ2n) is 9.37. The minimum Gasteiger partial charge on any atom is -0.486 e. The molecule has 1 atom stereocenters. The first kappa shape index (κ1) is 34.1. The van der Waals surface area contributed by atoms with Crippen LogP contribution in [0.4, 0.5) is 27.6 Å². The minimum absolute atomic E-state index is 0. The topological polar surface area (TPSA) is 104 Å².